The number of carboxylic acid groups (broad SMARTS) is 1. The Labute approximate surface area is 109 Å². The Kier molecular flexibility index (Phi) is 6.30. The molecule has 0 bridgehead atoms. The summed E-state index contributed by atoms with van der Waals surface area (Å²) in [6.45, 7) is 1.81. The third kappa shape index (κ3) is 5.82. The molecule has 9 heteroatoms. The molecule has 0 fully saturated rings. The van der Waals surface area contributed by atoms with Crippen LogP contribution in [0.3, 0.4) is 0 Å². The lowest BCUT2D eigenvalue weighted by Gasteiger charge is -2.06. The maximum atomic E-state index is 11.3. The average Bonchev–Trinajstić information content (AvgIpc) is 2.84. The molecule has 2 amide bonds. The number of aromatic carboxylic acids is 1. The molecule has 0 radical (unpaired) electrons. The standard InChI is InChI=1S/C10H17N5O4/c1-19-6-2-3-11-10(18)12-4-5-15-7-8(9(16)17)13-14-15/h7H,2-6H2,1H3,(H,16,17)(H2,11,12,18). The van der Waals surface area contributed by atoms with Crippen molar-refractivity contribution in [3.8, 4) is 0 Å². The molecular weight excluding hydrogens is 254 g/mol. The van der Waals surface area contributed by atoms with Crippen LogP contribution in [-0.2, 0) is 11.3 Å². The number of hydrogen-bond donors (Lipinski definition) is 3. The van der Waals surface area contributed by atoms with Gasteiger partial charge in [0.15, 0.2) is 5.69 Å². The number of nitrogens with zero attached hydrogens (tertiary/aromatic N) is 3. The Morgan fingerprint density at radius 2 is 2.16 bits per heavy atom. The minimum Gasteiger partial charge on any atom is -0.476 e. The lowest BCUT2D eigenvalue weighted by atomic mass is 10.4. The number of amides is 2. The Morgan fingerprint density at radius 1 is 1.42 bits per heavy atom. The fourth-order valence-electron chi connectivity index (χ4n) is 1.27. The van der Waals surface area contributed by atoms with Crippen molar-refractivity contribution in [2.24, 2.45) is 0 Å². The van der Waals surface area contributed by atoms with E-state index in [2.05, 4.69) is 20.9 Å². The van der Waals surface area contributed by atoms with Crippen molar-refractivity contribution in [1.82, 2.24) is 25.6 Å². The summed E-state index contributed by atoms with van der Waals surface area (Å²) in [5, 5.41) is 21.0. The van der Waals surface area contributed by atoms with Crippen LogP contribution in [0, 0.1) is 0 Å². The maximum absolute atomic E-state index is 11.3. The van der Waals surface area contributed by atoms with Gasteiger partial charge in [-0.1, -0.05) is 5.21 Å². The van der Waals surface area contributed by atoms with Crippen LogP contribution in [0.1, 0.15) is 16.9 Å². The van der Waals surface area contributed by atoms with Gasteiger partial charge in [0, 0.05) is 26.8 Å². The summed E-state index contributed by atoms with van der Waals surface area (Å²) in [4.78, 5) is 21.9. The normalized spacial score (nSPS) is 10.2. The first-order valence-corrected chi connectivity index (χ1v) is 5.77. The molecule has 1 heterocycles. The van der Waals surface area contributed by atoms with E-state index in [4.69, 9.17) is 9.84 Å². The van der Waals surface area contributed by atoms with Crippen LogP contribution in [0.4, 0.5) is 4.79 Å². The molecule has 0 saturated heterocycles. The molecule has 0 aromatic carbocycles. The fraction of sp³-hybridized carbons (Fsp3) is 0.600. The molecule has 0 spiro atoms. The van der Waals surface area contributed by atoms with Gasteiger partial charge >= 0.3 is 12.0 Å². The van der Waals surface area contributed by atoms with Gasteiger partial charge in [0.25, 0.3) is 0 Å². The summed E-state index contributed by atoms with van der Waals surface area (Å²) < 4.78 is 6.20. The zero-order chi connectivity index (χ0) is 14.1. The monoisotopic (exact) mass is 271 g/mol. The Hall–Kier alpha value is -2.16. The summed E-state index contributed by atoms with van der Waals surface area (Å²) in [6, 6.07) is -0.283. The van der Waals surface area contributed by atoms with Gasteiger partial charge in [-0.2, -0.15) is 0 Å². The van der Waals surface area contributed by atoms with Gasteiger partial charge in [0.2, 0.25) is 0 Å². The molecule has 1 aromatic heterocycles. The fourth-order valence-corrected chi connectivity index (χ4v) is 1.27. The van der Waals surface area contributed by atoms with Gasteiger partial charge in [-0.05, 0) is 6.42 Å². The average molecular weight is 271 g/mol. The van der Waals surface area contributed by atoms with Crippen LogP contribution in [0.2, 0.25) is 0 Å². The van der Waals surface area contributed by atoms with Gasteiger partial charge in [-0.3, -0.25) is 0 Å². The third-order valence-electron chi connectivity index (χ3n) is 2.20. The van der Waals surface area contributed by atoms with Crippen LogP contribution in [0.5, 0.6) is 0 Å². The van der Waals surface area contributed by atoms with E-state index >= 15 is 0 Å². The Bertz CT molecular complexity index is 420. The number of nitrogens with one attached hydrogen (secondary N) is 2. The van der Waals surface area contributed by atoms with Crippen LogP contribution in [0.15, 0.2) is 6.20 Å². The van der Waals surface area contributed by atoms with Crippen molar-refractivity contribution in [2.75, 3.05) is 26.8 Å². The van der Waals surface area contributed by atoms with Crippen molar-refractivity contribution >= 4 is 12.0 Å². The SMILES string of the molecule is COCCCNC(=O)NCCn1cc(C(=O)O)nn1. The van der Waals surface area contributed by atoms with Gasteiger partial charge in [-0.15, -0.1) is 5.10 Å². The maximum Gasteiger partial charge on any atom is 0.358 e. The zero-order valence-corrected chi connectivity index (χ0v) is 10.6. The molecule has 19 heavy (non-hydrogen) atoms. The zero-order valence-electron chi connectivity index (χ0n) is 10.6. The van der Waals surface area contributed by atoms with E-state index in [-0.39, 0.29) is 11.7 Å². The summed E-state index contributed by atoms with van der Waals surface area (Å²) in [5.41, 5.74) is -0.121. The largest absolute Gasteiger partial charge is 0.476 e. The number of aromatic nitrogens is 3. The number of methoxy groups -OCH3 is 1. The highest BCUT2D eigenvalue weighted by Gasteiger charge is 2.07. The number of rotatable bonds is 8. The summed E-state index contributed by atoms with van der Waals surface area (Å²) >= 11 is 0. The molecule has 9 nitrogen and oxygen atoms in total. The molecule has 1 aromatic rings. The van der Waals surface area contributed by atoms with Crippen LogP contribution in [-0.4, -0.2) is 58.9 Å². The van der Waals surface area contributed by atoms with Crippen LogP contribution in [0.25, 0.3) is 0 Å². The molecule has 3 N–H and O–H groups in total. The topological polar surface area (TPSA) is 118 Å². The Morgan fingerprint density at radius 3 is 2.79 bits per heavy atom. The molecular formula is C10H17N5O4. The van der Waals surface area contributed by atoms with E-state index in [1.54, 1.807) is 7.11 Å². The van der Waals surface area contributed by atoms with Crippen molar-refractivity contribution in [1.29, 1.82) is 0 Å². The van der Waals surface area contributed by atoms with E-state index in [1.807, 2.05) is 0 Å². The van der Waals surface area contributed by atoms with Crippen molar-refractivity contribution in [2.45, 2.75) is 13.0 Å². The van der Waals surface area contributed by atoms with Crippen molar-refractivity contribution in [3.05, 3.63) is 11.9 Å². The predicted molar refractivity (Wildman–Crippen MR) is 64.9 cm³/mol. The second-order valence-corrected chi connectivity index (χ2v) is 3.70. The highest BCUT2D eigenvalue weighted by Crippen LogP contribution is 1.91. The first kappa shape index (κ1) is 14.9. The minimum absolute atomic E-state index is 0.121. The molecule has 0 atom stereocenters. The number of carbonyl (C=O) groups excluding carboxylic acids is 1. The molecule has 0 aliphatic carbocycles. The molecule has 0 saturated carbocycles. The molecule has 106 valence electrons. The van der Waals surface area contributed by atoms with Crippen LogP contribution < -0.4 is 10.6 Å². The number of carboxylic acids is 1. The summed E-state index contributed by atoms with van der Waals surface area (Å²) in [6.07, 6.45) is 2.05. The van der Waals surface area contributed by atoms with E-state index in [1.165, 1.54) is 10.9 Å². The van der Waals surface area contributed by atoms with Gasteiger partial charge in [0.05, 0.1) is 12.7 Å². The van der Waals surface area contributed by atoms with Crippen LogP contribution >= 0.6 is 0 Å². The molecule has 1 rings (SSSR count). The van der Waals surface area contributed by atoms with Gasteiger partial charge in [0.1, 0.15) is 0 Å². The second-order valence-electron chi connectivity index (χ2n) is 3.70. The number of carbonyl (C=O) groups is 2. The van der Waals surface area contributed by atoms with Gasteiger partial charge in [-0.25, -0.2) is 14.3 Å². The first-order valence-electron chi connectivity index (χ1n) is 5.77. The lowest BCUT2D eigenvalue weighted by Crippen LogP contribution is -2.37. The number of ether oxygens (including phenoxy) is 1. The highest BCUT2D eigenvalue weighted by atomic mass is 16.5. The number of hydrogen-bond acceptors (Lipinski definition) is 5. The summed E-state index contributed by atoms with van der Waals surface area (Å²) in [7, 11) is 1.60. The first-order chi connectivity index (χ1) is 9.13. The van der Waals surface area contributed by atoms with Gasteiger partial charge < -0.3 is 20.5 Å². The quantitative estimate of drug-likeness (QED) is 0.539. The molecule has 0 aliphatic rings. The van der Waals surface area contributed by atoms with Crippen molar-refractivity contribution in [3.63, 3.8) is 0 Å². The van der Waals surface area contributed by atoms with E-state index in [0.29, 0.717) is 26.2 Å². The van der Waals surface area contributed by atoms with E-state index < -0.39 is 5.97 Å². The summed E-state index contributed by atoms with van der Waals surface area (Å²) in [5.74, 6) is -1.13. The second kappa shape index (κ2) is 8.03. The lowest BCUT2D eigenvalue weighted by molar-refractivity contribution is 0.0690. The number of urea groups is 1. The van der Waals surface area contributed by atoms with Crippen molar-refractivity contribution < 1.29 is 19.4 Å². The van der Waals surface area contributed by atoms with E-state index in [9.17, 15) is 9.59 Å². The molecule has 0 aliphatic heterocycles. The highest BCUT2D eigenvalue weighted by molar-refractivity contribution is 5.84. The third-order valence-corrected chi connectivity index (χ3v) is 2.20. The molecule has 0 unspecified atom stereocenters. The minimum atomic E-state index is -1.13. The smallest absolute Gasteiger partial charge is 0.358 e. The Balaban J connectivity index is 2.15. The predicted octanol–water partition coefficient (Wildman–Crippen LogP) is -0.688. The van der Waals surface area contributed by atoms with E-state index in [0.717, 1.165) is 6.42 Å².